The Labute approximate surface area is 146 Å². The van der Waals surface area contributed by atoms with E-state index in [1.54, 1.807) is 6.92 Å². The van der Waals surface area contributed by atoms with Gasteiger partial charge in [0, 0.05) is 25.7 Å². The molecule has 1 amide bonds. The predicted octanol–water partition coefficient (Wildman–Crippen LogP) is 4.04. The van der Waals surface area contributed by atoms with Crippen molar-refractivity contribution in [3.63, 3.8) is 0 Å². The van der Waals surface area contributed by atoms with Crippen LogP contribution in [0.5, 0.6) is 0 Å². The maximum atomic E-state index is 12.4. The largest absolute Gasteiger partial charge is 0.367 e. The Morgan fingerprint density at radius 3 is 2.08 bits per heavy atom. The number of hydrogen-bond donors (Lipinski definition) is 0. The first kappa shape index (κ1) is 16.0. The first-order valence-electron chi connectivity index (χ1n) is 9.68. The highest BCUT2D eigenvalue weighted by molar-refractivity contribution is 5.75. The summed E-state index contributed by atoms with van der Waals surface area (Å²) in [5, 5.41) is 0. The number of carbonyl (C=O) groups excluding carboxylic acids is 1. The molecule has 0 N–H and O–H groups in total. The summed E-state index contributed by atoms with van der Waals surface area (Å²) in [5.41, 5.74) is 2.76. The van der Waals surface area contributed by atoms with Gasteiger partial charge in [-0.25, -0.2) is 0 Å². The zero-order chi connectivity index (χ0) is 16.8. The Morgan fingerprint density at radius 2 is 1.62 bits per heavy atom. The lowest BCUT2D eigenvalue weighted by Gasteiger charge is -2.48. The number of piperazine rings is 1. The van der Waals surface area contributed by atoms with Crippen molar-refractivity contribution in [2.24, 2.45) is 11.8 Å². The van der Waals surface area contributed by atoms with Gasteiger partial charge < -0.3 is 9.80 Å². The number of hydrogen-bond acceptors (Lipinski definition) is 2. The van der Waals surface area contributed by atoms with E-state index in [1.807, 2.05) is 0 Å². The highest BCUT2D eigenvalue weighted by atomic mass is 16.2. The number of benzene rings is 1. The molecule has 1 aromatic rings. The molecular weight excluding hydrogens is 296 g/mol. The Hall–Kier alpha value is -1.51. The van der Waals surface area contributed by atoms with Crippen LogP contribution in [-0.4, -0.2) is 36.0 Å². The fourth-order valence-electron chi connectivity index (χ4n) is 4.42. The number of anilines is 1. The fraction of sp³-hybridized carbons (Fsp3) is 0.667. The summed E-state index contributed by atoms with van der Waals surface area (Å²) in [6.45, 7) is 8.31. The van der Waals surface area contributed by atoms with Crippen molar-refractivity contribution in [2.45, 2.75) is 64.5 Å². The van der Waals surface area contributed by atoms with Gasteiger partial charge in [0.25, 0.3) is 0 Å². The molecule has 1 saturated heterocycles. The molecule has 3 aliphatic rings. The van der Waals surface area contributed by atoms with Gasteiger partial charge in [0.15, 0.2) is 0 Å². The van der Waals surface area contributed by atoms with Crippen LogP contribution in [0.1, 0.15) is 57.9 Å². The summed E-state index contributed by atoms with van der Waals surface area (Å²) in [6, 6.07) is 9.89. The second kappa shape index (κ2) is 6.09. The first-order chi connectivity index (χ1) is 11.5. The zero-order valence-corrected chi connectivity index (χ0v) is 15.2. The molecule has 0 spiro atoms. The van der Waals surface area contributed by atoms with Crippen molar-refractivity contribution < 1.29 is 4.79 Å². The maximum absolute atomic E-state index is 12.4. The second-order valence-electron chi connectivity index (χ2n) is 8.39. The Bertz CT molecular complexity index is 596. The average molecular weight is 326 g/mol. The topological polar surface area (TPSA) is 23.6 Å². The molecule has 1 aromatic carbocycles. The quantitative estimate of drug-likeness (QED) is 0.834. The summed E-state index contributed by atoms with van der Waals surface area (Å²) < 4.78 is 0. The summed E-state index contributed by atoms with van der Waals surface area (Å²) in [4.78, 5) is 17.2. The SMILES string of the molecule is CC(=O)N1C(C2CC2)CN(c2cccc(C(C)C)c2)CC1C1CC1. The van der Waals surface area contributed by atoms with E-state index in [0.29, 0.717) is 23.9 Å². The van der Waals surface area contributed by atoms with Crippen LogP contribution < -0.4 is 4.90 Å². The molecule has 3 fully saturated rings. The lowest BCUT2D eigenvalue weighted by Crippen LogP contribution is -2.61. The second-order valence-corrected chi connectivity index (χ2v) is 8.39. The van der Waals surface area contributed by atoms with Crippen molar-refractivity contribution in [1.29, 1.82) is 0 Å². The van der Waals surface area contributed by atoms with Gasteiger partial charge in [0.1, 0.15) is 0 Å². The molecule has 2 atom stereocenters. The van der Waals surface area contributed by atoms with Gasteiger partial charge in [0.2, 0.25) is 5.91 Å². The molecule has 4 rings (SSSR count). The van der Waals surface area contributed by atoms with Crippen LogP contribution in [0.2, 0.25) is 0 Å². The van der Waals surface area contributed by atoms with E-state index in [9.17, 15) is 4.79 Å². The van der Waals surface area contributed by atoms with Gasteiger partial charge in [-0.2, -0.15) is 0 Å². The molecule has 130 valence electrons. The van der Waals surface area contributed by atoms with Crippen LogP contribution in [0, 0.1) is 11.8 Å². The minimum Gasteiger partial charge on any atom is -0.367 e. The number of amides is 1. The van der Waals surface area contributed by atoms with E-state index < -0.39 is 0 Å². The number of rotatable bonds is 4. The molecule has 0 aromatic heterocycles. The fourth-order valence-corrected chi connectivity index (χ4v) is 4.42. The molecular formula is C21H30N2O. The first-order valence-corrected chi connectivity index (χ1v) is 9.68. The van der Waals surface area contributed by atoms with Gasteiger partial charge in [-0.3, -0.25) is 4.79 Å². The van der Waals surface area contributed by atoms with Crippen LogP contribution in [0.4, 0.5) is 5.69 Å². The molecule has 2 aliphatic carbocycles. The molecule has 2 saturated carbocycles. The van der Waals surface area contributed by atoms with Crippen LogP contribution in [0.25, 0.3) is 0 Å². The lowest BCUT2D eigenvalue weighted by atomic mass is 9.97. The van der Waals surface area contributed by atoms with Crippen molar-refractivity contribution in [3.05, 3.63) is 29.8 Å². The highest BCUT2D eigenvalue weighted by Gasteiger charge is 2.48. The van der Waals surface area contributed by atoms with E-state index in [1.165, 1.54) is 36.9 Å². The van der Waals surface area contributed by atoms with Gasteiger partial charge in [-0.15, -0.1) is 0 Å². The van der Waals surface area contributed by atoms with Crippen LogP contribution in [0.15, 0.2) is 24.3 Å². The van der Waals surface area contributed by atoms with E-state index in [-0.39, 0.29) is 0 Å². The van der Waals surface area contributed by atoms with Crippen LogP contribution in [-0.2, 0) is 4.79 Å². The van der Waals surface area contributed by atoms with Crippen LogP contribution in [0.3, 0.4) is 0 Å². The standard InChI is InChI=1S/C21H30N2O/c1-14(2)18-5-4-6-19(11-18)22-12-20(16-7-8-16)23(15(3)24)21(13-22)17-9-10-17/h4-6,11,14,16-17,20-21H,7-10,12-13H2,1-3H3. The molecule has 3 heteroatoms. The third-order valence-electron chi connectivity index (χ3n) is 6.13. The predicted molar refractivity (Wildman–Crippen MR) is 98.3 cm³/mol. The Kier molecular flexibility index (Phi) is 4.06. The Morgan fingerprint density at radius 1 is 1.04 bits per heavy atom. The smallest absolute Gasteiger partial charge is 0.220 e. The van der Waals surface area contributed by atoms with Gasteiger partial charge in [0.05, 0.1) is 12.1 Å². The van der Waals surface area contributed by atoms with Crippen molar-refractivity contribution in [1.82, 2.24) is 4.90 Å². The molecule has 1 heterocycles. The molecule has 3 nitrogen and oxygen atoms in total. The minimum absolute atomic E-state index is 0.291. The molecule has 24 heavy (non-hydrogen) atoms. The summed E-state index contributed by atoms with van der Waals surface area (Å²) in [6.07, 6.45) is 5.19. The van der Waals surface area contributed by atoms with Crippen molar-refractivity contribution in [2.75, 3.05) is 18.0 Å². The lowest BCUT2D eigenvalue weighted by molar-refractivity contribution is -0.135. The van der Waals surface area contributed by atoms with Crippen molar-refractivity contribution >= 4 is 11.6 Å². The van der Waals surface area contributed by atoms with E-state index in [4.69, 9.17) is 0 Å². The van der Waals surface area contributed by atoms with E-state index in [0.717, 1.165) is 24.9 Å². The number of nitrogens with zero attached hydrogens (tertiary/aromatic N) is 2. The maximum Gasteiger partial charge on any atom is 0.220 e. The van der Waals surface area contributed by atoms with Gasteiger partial charge in [-0.1, -0.05) is 26.0 Å². The monoisotopic (exact) mass is 326 g/mol. The number of carbonyl (C=O) groups is 1. The molecule has 1 aliphatic heterocycles. The molecule has 0 radical (unpaired) electrons. The highest BCUT2D eigenvalue weighted by Crippen LogP contribution is 2.44. The minimum atomic E-state index is 0.291. The Balaban J connectivity index is 1.62. The van der Waals surface area contributed by atoms with E-state index in [2.05, 4.69) is 47.9 Å². The summed E-state index contributed by atoms with van der Waals surface area (Å²) >= 11 is 0. The van der Waals surface area contributed by atoms with Gasteiger partial charge in [-0.05, 0) is 61.1 Å². The third-order valence-corrected chi connectivity index (χ3v) is 6.13. The van der Waals surface area contributed by atoms with Crippen molar-refractivity contribution in [3.8, 4) is 0 Å². The summed E-state index contributed by atoms with van der Waals surface area (Å²) in [7, 11) is 0. The summed E-state index contributed by atoms with van der Waals surface area (Å²) in [5.74, 6) is 2.30. The zero-order valence-electron chi connectivity index (χ0n) is 15.2. The third kappa shape index (κ3) is 3.05. The average Bonchev–Trinajstić information content (AvgIpc) is 3.46. The molecule has 0 bridgehead atoms. The van der Waals surface area contributed by atoms with Gasteiger partial charge >= 0.3 is 0 Å². The van der Waals surface area contributed by atoms with Crippen LogP contribution >= 0.6 is 0 Å². The molecule has 2 unspecified atom stereocenters. The normalized spacial score (nSPS) is 27.7. The van der Waals surface area contributed by atoms with E-state index >= 15 is 0 Å².